The highest BCUT2D eigenvalue weighted by Crippen LogP contribution is 2.41. The van der Waals surface area contributed by atoms with Crippen LogP contribution in [0.3, 0.4) is 0 Å². The number of hydrogen-bond acceptors (Lipinski definition) is 18. The lowest BCUT2D eigenvalue weighted by Gasteiger charge is -2.49. The monoisotopic (exact) mass is 1100 g/mol. The molecule has 0 aromatic heterocycles. The number of aromatic hydroxyl groups is 1. The summed E-state index contributed by atoms with van der Waals surface area (Å²) >= 11 is 1.40. The Balaban J connectivity index is 0.000000160. The van der Waals surface area contributed by atoms with E-state index in [-0.39, 0.29) is 33.7 Å². The molecule has 3 atom stereocenters. The molecule has 380 valence electrons. The van der Waals surface area contributed by atoms with Crippen LogP contribution in [0.15, 0.2) is 128 Å². The molecule has 2 unspecified atom stereocenters. The minimum atomic E-state index is -4.78. The smallest absolute Gasteiger partial charge is 0.352 e. The summed E-state index contributed by atoms with van der Waals surface area (Å²) in [4.78, 5) is 84.6. The van der Waals surface area contributed by atoms with Gasteiger partial charge in [-0.05, 0) is 54.5 Å². The molecular formula is C44H33N3O21S5. The SMILES string of the molecule is CC1=C(C(=O)O)N2C(=O)C(NC(=O)C(N)c3ccc(O)cc3)[C@H]2SC1.O=C1c2cccc(S(=O)(=O)O)c2C(=O)c2cccc(S(=O)(=O)O)c21.O=C1c2cccc(S(=O)(=O)O)c2C(=O)c2cccc(S(=O)(=O)O)c21. The van der Waals surface area contributed by atoms with E-state index < -0.39 is 141 Å². The Morgan fingerprint density at radius 1 is 0.589 bits per heavy atom. The van der Waals surface area contributed by atoms with Crippen LogP contribution in [-0.2, 0) is 54.9 Å². The number of phenols is 1. The fraction of sp³-hybridized carbons (Fsp3) is 0.114. The van der Waals surface area contributed by atoms with Gasteiger partial charge in [0, 0.05) is 28.0 Å². The number of ketones is 4. The fourth-order valence-corrected chi connectivity index (χ4v) is 12.2. The van der Waals surface area contributed by atoms with Crippen LogP contribution in [0.5, 0.6) is 5.75 Å². The Bertz CT molecular complexity index is 3450. The highest BCUT2D eigenvalue weighted by molar-refractivity contribution is 8.00. The topological polar surface area (TPSA) is 419 Å². The van der Waals surface area contributed by atoms with Crippen molar-refractivity contribution in [1.82, 2.24) is 10.2 Å². The van der Waals surface area contributed by atoms with Crippen LogP contribution in [0.1, 0.15) is 82.2 Å². The molecule has 9 rings (SSSR count). The number of carboxylic acid groups (broad SMARTS) is 1. The molecule has 4 aliphatic rings. The Morgan fingerprint density at radius 3 is 1.22 bits per heavy atom. The first-order valence-corrected chi connectivity index (χ1v) is 27.0. The summed E-state index contributed by atoms with van der Waals surface area (Å²) in [5.74, 6) is -5.39. The van der Waals surface area contributed by atoms with Gasteiger partial charge < -0.3 is 21.3 Å². The third kappa shape index (κ3) is 9.97. The number of amides is 2. The number of fused-ring (bicyclic) bond motifs is 5. The van der Waals surface area contributed by atoms with E-state index in [1.807, 2.05) is 0 Å². The average Bonchev–Trinajstić information content (AvgIpc) is 3.32. The predicted octanol–water partition coefficient (Wildman–Crippen LogP) is 2.06. The summed E-state index contributed by atoms with van der Waals surface area (Å²) in [6.45, 7) is 1.67. The van der Waals surface area contributed by atoms with Crippen LogP contribution in [0, 0.1) is 0 Å². The Labute approximate surface area is 416 Å². The van der Waals surface area contributed by atoms with Crippen LogP contribution in [-0.4, -0.2) is 125 Å². The standard InChI is InChI=1S/C16H17N3O5S.2C14H8O8S2/c1-7-6-25-15-11(14(22)19(15)12(7)16(23)24)18-13(21)10(17)8-2-4-9(20)5-3-8;2*15-13-7-3-1-5-9(23(17,18)19)11(7)14(16)8-4-2-6-10(12(8)13)24(20,21)22/h2-5,10-11,15,20H,6,17H2,1H3,(H,18,21)(H,23,24);2*1-6H,(H,17,18,19)(H,20,21,22)/t10?,11?,15-;;/m1../s1. The number of carboxylic acids is 1. The number of nitrogens with two attached hydrogens (primary N) is 1. The molecule has 1 saturated heterocycles. The van der Waals surface area contributed by atoms with Crippen molar-refractivity contribution in [2.45, 2.75) is 44.0 Å². The van der Waals surface area contributed by atoms with Gasteiger partial charge in [-0.15, -0.1) is 11.8 Å². The van der Waals surface area contributed by atoms with Crippen molar-refractivity contribution < 1.29 is 95.7 Å². The molecule has 2 aliphatic carbocycles. The van der Waals surface area contributed by atoms with Gasteiger partial charge >= 0.3 is 5.97 Å². The molecular weight excluding hydrogens is 1070 g/mol. The van der Waals surface area contributed by atoms with Gasteiger partial charge in [-0.3, -0.25) is 51.9 Å². The van der Waals surface area contributed by atoms with Gasteiger partial charge in [-0.1, -0.05) is 60.7 Å². The molecule has 73 heavy (non-hydrogen) atoms. The molecule has 9 N–H and O–H groups in total. The van der Waals surface area contributed by atoms with Crippen molar-refractivity contribution in [2.75, 3.05) is 5.75 Å². The second-order valence-electron chi connectivity index (χ2n) is 15.8. The van der Waals surface area contributed by atoms with E-state index in [4.69, 9.17) is 5.73 Å². The highest BCUT2D eigenvalue weighted by Gasteiger charge is 2.54. The second-order valence-corrected chi connectivity index (χ2v) is 22.5. The average molecular weight is 1100 g/mol. The summed E-state index contributed by atoms with van der Waals surface area (Å²) < 4.78 is 129. The third-order valence-electron chi connectivity index (χ3n) is 11.3. The molecule has 0 spiro atoms. The molecule has 5 aromatic rings. The van der Waals surface area contributed by atoms with E-state index in [1.165, 1.54) is 40.9 Å². The minimum Gasteiger partial charge on any atom is -0.508 e. The molecule has 2 heterocycles. The second kappa shape index (κ2) is 19.3. The summed E-state index contributed by atoms with van der Waals surface area (Å²) in [5.41, 5.74) is 3.35. The molecule has 0 radical (unpaired) electrons. The first-order chi connectivity index (χ1) is 33.9. The maximum atomic E-state index is 12.6. The zero-order chi connectivity index (χ0) is 54.0. The van der Waals surface area contributed by atoms with Gasteiger partial charge in [0.15, 0.2) is 23.1 Å². The van der Waals surface area contributed by atoms with Gasteiger partial charge in [-0.2, -0.15) is 33.7 Å². The number of nitrogens with one attached hydrogen (secondary N) is 1. The van der Waals surface area contributed by atoms with Crippen molar-refractivity contribution in [2.24, 2.45) is 5.73 Å². The lowest BCUT2D eigenvalue weighted by molar-refractivity contribution is -0.150. The van der Waals surface area contributed by atoms with Crippen LogP contribution >= 0.6 is 11.8 Å². The van der Waals surface area contributed by atoms with Crippen LogP contribution in [0.25, 0.3) is 0 Å². The number of carbonyl (C=O) groups is 7. The Kier molecular flexibility index (Phi) is 14.1. The molecule has 2 amide bonds. The van der Waals surface area contributed by atoms with E-state index in [9.17, 15) is 95.7 Å². The van der Waals surface area contributed by atoms with Gasteiger partial charge in [0.05, 0.1) is 22.3 Å². The molecule has 1 fully saturated rings. The van der Waals surface area contributed by atoms with Crippen molar-refractivity contribution in [3.63, 3.8) is 0 Å². The minimum absolute atomic E-state index is 0.0120. The molecule has 0 saturated carbocycles. The first-order valence-electron chi connectivity index (χ1n) is 20.2. The number of β-lactam (4-membered cyclic amide) rings is 1. The first kappa shape index (κ1) is 53.5. The maximum Gasteiger partial charge on any atom is 0.352 e. The van der Waals surface area contributed by atoms with Gasteiger partial charge in [-0.25, -0.2) is 4.79 Å². The number of phenolic OH excluding ortho intramolecular Hbond substituents is 1. The third-order valence-corrected chi connectivity index (χ3v) is 16.3. The number of hydrogen-bond donors (Lipinski definition) is 8. The zero-order valence-corrected chi connectivity index (χ0v) is 40.6. The predicted molar refractivity (Wildman–Crippen MR) is 249 cm³/mol. The van der Waals surface area contributed by atoms with Crippen LogP contribution in [0.4, 0.5) is 0 Å². The summed E-state index contributed by atoms with van der Waals surface area (Å²) in [6, 6.07) is 17.0. The highest BCUT2D eigenvalue weighted by atomic mass is 32.2. The van der Waals surface area contributed by atoms with Crippen LogP contribution in [0.2, 0.25) is 0 Å². The Hall–Kier alpha value is -7.32. The fourth-order valence-electron chi connectivity index (χ4n) is 8.07. The molecule has 29 heteroatoms. The van der Waals surface area contributed by atoms with E-state index in [1.54, 1.807) is 6.92 Å². The number of nitrogens with zero attached hydrogens (tertiary/aromatic N) is 1. The largest absolute Gasteiger partial charge is 0.508 e. The quantitative estimate of drug-likeness (QED) is 0.0797. The molecule has 0 bridgehead atoms. The van der Waals surface area contributed by atoms with E-state index in [0.29, 0.717) is 16.9 Å². The summed E-state index contributed by atoms with van der Waals surface area (Å²) in [7, 11) is -19.1. The molecule has 2 aliphatic heterocycles. The van der Waals surface area contributed by atoms with E-state index in [2.05, 4.69) is 5.32 Å². The molecule has 5 aromatic carbocycles. The molecule has 24 nitrogen and oxygen atoms in total. The normalized spacial score (nSPS) is 17.5. The maximum absolute atomic E-state index is 12.6. The van der Waals surface area contributed by atoms with Crippen molar-refractivity contribution in [3.8, 4) is 5.75 Å². The van der Waals surface area contributed by atoms with Crippen molar-refractivity contribution >= 4 is 93.2 Å². The van der Waals surface area contributed by atoms with Gasteiger partial charge in [0.25, 0.3) is 46.4 Å². The zero-order valence-electron chi connectivity index (χ0n) is 36.5. The lowest BCUT2D eigenvalue weighted by atomic mass is 9.84. The number of rotatable bonds is 8. The van der Waals surface area contributed by atoms with Crippen molar-refractivity contribution in [3.05, 3.63) is 158 Å². The number of carbonyl (C=O) groups excluding carboxylic acids is 6. The van der Waals surface area contributed by atoms with Gasteiger partial charge in [0.1, 0.15) is 48.5 Å². The van der Waals surface area contributed by atoms with E-state index in [0.717, 1.165) is 72.8 Å². The van der Waals surface area contributed by atoms with Crippen LogP contribution < -0.4 is 11.1 Å². The number of thioether (sulfide) groups is 1. The van der Waals surface area contributed by atoms with Gasteiger partial charge in [0.2, 0.25) is 5.91 Å². The Morgan fingerprint density at radius 2 is 0.918 bits per heavy atom. The summed E-state index contributed by atoms with van der Waals surface area (Å²) in [6.07, 6.45) is 0. The number of aliphatic carboxylic acids is 1. The summed E-state index contributed by atoms with van der Waals surface area (Å²) in [5, 5.41) is 20.7. The van der Waals surface area contributed by atoms with E-state index >= 15 is 0 Å². The number of benzene rings is 5. The lowest BCUT2D eigenvalue weighted by Crippen LogP contribution is -2.71. The van der Waals surface area contributed by atoms with Crippen molar-refractivity contribution in [1.29, 1.82) is 0 Å².